The van der Waals surface area contributed by atoms with Crippen molar-refractivity contribution in [2.75, 3.05) is 13.7 Å². The standard InChI is InChI=1S/C26H29FN3O6P/c1-18-15-28(16-29(18)17-36-37(32,33)34)24-11-6-20(14-25(24)35-3)13-22-5-4-12-30(26(22)31)19(2)21-7-9-23(27)10-8-21/h6-11,13-16,19H,4-5,12,17H2,1-3H3,(H-,32,33,34)/p+1/b22-13+/t19-/m0/s1. The van der Waals surface area contributed by atoms with E-state index in [9.17, 15) is 13.8 Å². The Balaban J connectivity index is 1.56. The number of rotatable bonds is 8. The summed E-state index contributed by atoms with van der Waals surface area (Å²) in [5, 5.41) is 0. The number of phosphoric acid groups is 1. The number of aryl methyl sites for hydroxylation is 1. The first-order valence-corrected chi connectivity index (χ1v) is 13.3. The van der Waals surface area contributed by atoms with Gasteiger partial charge in [0.25, 0.3) is 6.33 Å². The number of aromatic nitrogens is 2. The highest BCUT2D eigenvalue weighted by molar-refractivity contribution is 7.46. The minimum Gasteiger partial charge on any atom is -0.492 e. The largest absolute Gasteiger partial charge is 0.492 e. The van der Waals surface area contributed by atoms with Crippen LogP contribution in [0.4, 0.5) is 4.39 Å². The smallest absolute Gasteiger partial charge is 0.472 e. The van der Waals surface area contributed by atoms with Crippen molar-refractivity contribution in [3.63, 3.8) is 0 Å². The van der Waals surface area contributed by atoms with Gasteiger partial charge in [0.1, 0.15) is 17.7 Å². The number of piperidine rings is 1. The molecule has 0 bridgehead atoms. The average Bonchev–Trinajstić information content (AvgIpc) is 3.23. The highest BCUT2D eigenvalue weighted by Gasteiger charge is 2.28. The molecule has 37 heavy (non-hydrogen) atoms. The molecule has 1 atom stereocenters. The third-order valence-corrected chi connectivity index (χ3v) is 6.88. The molecular formula is C26H30FN3O6P+. The second kappa shape index (κ2) is 11.0. The number of likely N-dealkylation sites (tertiary alicyclic amines) is 1. The predicted octanol–water partition coefficient (Wildman–Crippen LogP) is 4.05. The van der Waals surface area contributed by atoms with Gasteiger partial charge in [0.15, 0.2) is 11.4 Å². The van der Waals surface area contributed by atoms with Crippen LogP contribution in [0.15, 0.2) is 60.6 Å². The third-order valence-electron chi connectivity index (χ3n) is 6.43. The summed E-state index contributed by atoms with van der Waals surface area (Å²) in [6, 6.07) is 11.6. The quantitative estimate of drug-likeness (QED) is 0.259. The maximum atomic E-state index is 13.3. The van der Waals surface area contributed by atoms with Crippen molar-refractivity contribution in [3.05, 3.63) is 83.2 Å². The van der Waals surface area contributed by atoms with Gasteiger partial charge < -0.3 is 19.4 Å². The van der Waals surface area contributed by atoms with Crippen molar-refractivity contribution < 1.29 is 37.4 Å². The number of amides is 1. The molecule has 2 aromatic carbocycles. The number of ether oxygens (including phenoxy) is 1. The van der Waals surface area contributed by atoms with E-state index in [0.29, 0.717) is 30.0 Å². The van der Waals surface area contributed by atoms with Gasteiger partial charge in [-0.15, -0.1) is 0 Å². The van der Waals surface area contributed by atoms with Gasteiger partial charge in [-0.2, -0.15) is 4.57 Å². The van der Waals surface area contributed by atoms with E-state index in [1.165, 1.54) is 12.1 Å². The number of carbonyl (C=O) groups excluding carboxylic acids is 1. The molecule has 2 heterocycles. The van der Waals surface area contributed by atoms with E-state index in [0.717, 1.165) is 23.2 Å². The van der Waals surface area contributed by atoms with Gasteiger partial charge in [-0.25, -0.2) is 18.0 Å². The molecule has 2 N–H and O–H groups in total. The molecule has 0 aliphatic carbocycles. The SMILES string of the molecule is COc1cc(/C=C2\CCCN([C@@H](C)c3ccc(F)cc3)C2=O)ccc1-n1cc(C)[n+](COP(=O)(O)O)c1. The van der Waals surface area contributed by atoms with E-state index >= 15 is 0 Å². The van der Waals surface area contributed by atoms with Crippen LogP contribution in [-0.2, 0) is 20.6 Å². The highest BCUT2D eigenvalue weighted by Crippen LogP contribution is 2.35. The molecule has 196 valence electrons. The fourth-order valence-corrected chi connectivity index (χ4v) is 4.69. The summed E-state index contributed by atoms with van der Waals surface area (Å²) in [5.41, 5.74) is 3.82. The first-order chi connectivity index (χ1) is 17.6. The van der Waals surface area contributed by atoms with Crippen LogP contribution in [0.1, 0.15) is 42.6 Å². The Labute approximate surface area is 214 Å². The molecule has 3 aromatic rings. The number of nitrogens with zero attached hydrogens (tertiary/aromatic N) is 3. The minimum absolute atomic E-state index is 0.0433. The van der Waals surface area contributed by atoms with Crippen LogP contribution in [0.3, 0.4) is 0 Å². The Morgan fingerprint density at radius 1 is 1.22 bits per heavy atom. The van der Waals surface area contributed by atoms with E-state index in [1.54, 1.807) is 47.8 Å². The summed E-state index contributed by atoms with van der Waals surface area (Å²) >= 11 is 0. The number of imidazole rings is 1. The number of phosphoric ester groups is 1. The maximum absolute atomic E-state index is 13.3. The van der Waals surface area contributed by atoms with E-state index in [-0.39, 0.29) is 24.5 Å². The Bertz CT molecular complexity index is 1370. The molecule has 1 aliphatic rings. The molecular weight excluding hydrogens is 500 g/mol. The van der Waals surface area contributed by atoms with Crippen LogP contribution in [0.25, 0.3) is 11.8 Å². The van der Waals surface area contributed by atoms with Crippen LogP contribution in [-0.4, -0.2) is 38.8 Å². The summed E-state index contributed by atoms with van der Waals surface area (Å²) < 4.78 is 37.9. The van der Waals surface area contributed by atoms with Gasteiger partial charge >= 0.3 is 7.82 Å². The van der Waals surface area contributed by atoms with E-state index in [1.807, 2.05) is 36.1 Å². The lowest BCUT2D eigenvalue weighted by molar-refractivity contribution is -0.730. The summed E-state index contributed by atoms with van der Waals surface area (Å²) in [5.74, 6) is 0.212. The average molecular weight is 531 g/mol. The molecule has 0 radical (unpaired) electrons. The second-order valence-electron chi connectivity index (χ2n) is 8.94. The first kappa shape index (κ1) is 26.8. The summed E-state index contributed by atoms with van der Waals surface area (Å²) in [7, 11) is -3.05. The molecule has 11 heteroatoms. The number of carbonyl (C=O) groups is 1. The summed E-state index contributed by atoms with van der Waals surface area (Å²) in [6.45, 7) is 4.07. The molecule has 9 nitrogen and oxygen atoms in total. The molecule has 1 fully saturated rings. The van der Waals surface area contributed by atoms with Gasteiger partial charge in [-0.3, -0.25) is 4.79 Å². The van der Waals surface area contributed by atoms with Crippen molar-refractivity contribution in [3.8, 4) is 11.4 Å². The molecule has 1 aliphatic heterocycles. The van der Waals surface area contributed by atoms with Crippen LogP contribution in [0, 0.1) is 12.7 Å². The van der Waals surface area contributed by atoms with Crippen LogP contribution in [0.2, 0.25) is 0 Å². The maximum Gasteiger partial charge on any atom is 0.472 e. The van der Waals surface area contributed by atoms with Crippen LogP contribution < -0.4 is 9.30 Å². The van der Waals surface area contributed by atoms with Crippen LogP contribution >= 0.6 is 7.82 Å². The number of hydrogen-bond donors (Lipinski definition) is 2. The van der Waals surface area contributed by atoms with E-state index in [2.05, 4.69) is 4.52 Å². The zero-order valence-corrected chi connectivity index (χ0v) is 21.8. The highest BCUT2D eigenvalue weighted by atomic mass is 31.2. The first-order valence-electron chi connectivity index (χ1n) is 11.8. The number of halogens is 1. The number of benzene rings is 2. The predicted molar refractivity (Wildman–Crippen MR) is 134 cm³/mol. The number of methoxy groups -OCH3 is 1. The van der Waals surface area contributed by atoms with Gasteiger partial charge in [0.05, 0.1) is 13.2 Å². The van der Waals surface area contributed by atoms with Gasteiger partial charge in [-0.1, -0.05) is 18.2 Å². The summed E-state index contributed by atoms with van der Waals surface area (Å²) in [4.78, 5) is 33.1. The molecule has 0 saturated carbocycles. The fourth-order valence-electron chi connectivity index (χ4n) is 4.41. The van der Waals surface area contributed by atoms with Crippen molar-refractivity contribution in [1.82, 2.24) is 9.47 Å². The molecule has 4 rings (SSSR count). The normalized spacial score (nSPS) is 16.3. The lowest BCUT2D eigenvalue weighted by Gasteiger charge is -2.34. The minimum atomic E-state index is -4.60. The lowest BCUT2D eigenvalue weighted by atomic mass is 9.97. The Hall–Kier alpha value is -3.30. The van der Waals surface area contributed by atoms with Gasteiger partial charge in [0.2, 0.25) is 12.6 Å². The van der Waals surface area contributed by atoms with Gasteiger partial charge in [0, 0.05) is 19.0 Å². The molecule has 0 spiro atoms. The lowest BCUT2D eigenvalue weighted by Crippen LogP contribution is -2.38. The Kier molecular flexibility index (Phi) is 7.94. The molecule has 1 saturated heterocycles. The molecule has 1 aromatic heterocycles. The Morgan fingerprint density at radius 3 is 2.62 bits per heavy atom. The third kappa shape index (κ3) is 6.34. The molecule has 0 unspecified atom stereocenters. The van der Waals surface area contributed by atoms with Crippen LogP contribution in [0.5, 0.6) is 5.75 Å². The Morgan fingerprint density at radius 2 is 1.95 bits per heavy atom. The monoisotopic (exact) mass is 530 g/mol. The second-order valence-corrected chi connectivity index (χ2v) is 10.2. The van der Waals surface area contributed by atoms with E-state index < -0.39 is 7.82 Å². The fraction of sp³-hybridized carbons (Fsp3) is 0.308. The zero-order chi connectivity index (χ0) is 26.7. The van der Waals surface area contributed by atoms with Crippen molar-refractivity contribution >= 4 is 19.8 Å². The summed E-state index contributed by atoms with van der Waals surface area (Å²) in [6.07, 6.45) is 6.80. The number of hydrogen-bond acceptors (Lipinski definition) is 4. The van der Waals surface area contributed by atoms with Gasteiger partial charge in [-0.05, 0) is 61.2 Å². The van der Waals surface area contributed by atoms with Crippen molar-refractivity contribution in [2.45, 2.75) is 39.5 Å². The molecule has 1 amide bonds. The van der Waals surface area contributed by atoms with Crippen molar-refractivity contribution in [1.29, 1.82) is 0 Å². The topological polar surface area (TPSA) is 105 Å². The van der Waals surface area contributed by atoms with E-state index in [4.69, 9.17) is 14.5 Å². The zero-order valence-electron chi connectivity index (χ0n) is 20.9. The van der Waals surface area contributed by atoms with Crippen molar-refractivity contribution in [2.24, 2.45) is 0 Å².